The number of anilines is 1. The van der Waals surface area contributed by atoms with E-state index in [4.69, 9.17) is 4.74 Å². The Morgan fingerprint density at radius 2 is 1.86 bits per heavy atom. The number of phenols is 1. The van der Waals surface area contributed by atoms with Crippen molar-refractivity contribution < 1.29 is 23.1 Å². The monoisotopic (exact) mass is 494 g/mol. The summed E-state index contributed by atoms with van der Waals surface area (Å²) in [6, 6.07) is 16.8. The molecule has 0 spiro atoms. The highest BCUT2D eigenvalue weighted by Crippen LogP contribution is 2.28. The van der Waals surface area contributed by atoms with Crippen molar-refractivity contribution in [2.45, 2.75) is 44.6 Å². The largest absolute Gasteiger partial charge is 0.508 e. The van der Waals surface area contributed by atoms with Gasteiger partial charge in [-0.25, -0.2) is 8.42 Å². The van der Waals surface area contributed by atoms with Crippen molar-refractivity contribution in [3.05, 3.63) is 82.9 Å². The van der Waals surface area contributed by atoms with Gasteiger partial charge in [-0.15, -0.1) is 0 Å². The molecule has 4 rings (SSSR count). The van der Waals surface area contributed by atoms with Crippen LogP contribution in [0.25, 0.3) is 0 Å². The number of carbonyl (C=O) groups excluding carboxylic acids is 1. The van der Waals surface area contributed by atoms with Gasteiger partial charge in [0, 0.05) is 29.4 Å². The van der Waals surface area contributed by atoms with E-state index in [-0.39, 0.29) is 23.2 Å². The van der Waals surface area contributed by atoms with Gasteiger partial charge in [-0.3, -0.25) is 9.52 Å². The van der Waals surface area contributed by atoms with Crippen molar-refractivity contribution in [2.75, 3.05) is 17.9 Å². The molecule has 3 aromatic carbocycles. The van der Waals surface area contributed by atoms with Crippen molar-refractivity contribution in [2.24, 2.45) is 0 Å². The van der Waals surface area contributed by atoms with E-state index in [0.29, 0.717) is 35.7 Å². The molecule has 0 radical (unpaired) electrons. The lowest BCUT2D eigenvalue weighted by atomic mass is 10.1. The molecular weight excluding hydrogens is 464 g/mol. The minimum Gasteiger partial charge on any atom is -0.508 e. The van der Waals surface area contributed by atoms with Crippen LogP contribution < -0.4 is 9.46 Å². The molecule has 184 valence electrons. The number of rotatable bonds is 7. The maximum Gasteiger partial charge on any atom is 0.261 e. The molecule has 1 amide bonds. The zero-order valence-electron chi connectivity index (χ0n) is 20.0. The topological polar surface area (TPSA) is 95.9 Å². The van der Waals surface area contributed by atoms with Gasteiger partial charge in [-0.2, -0.15) is 0 Å². The van der Waals surface area contributed by atoms with Gasteiger partial charge in [0.05, 0.1) is 11.4 Å². The molecule has 3 aromatic rings. The summed E-state index contributed by atoms with van der Waals surface area (Å²) in [5.74, 6) is 0.364. The molecular formula is C27H30N2O5S. The minimum atomic E-state index is -3.88. The van der Waals surface area contributed by atoms with Crippen molar-refractivity contribution in [3.8, 4) is 11.5 Å². The molecule has 0 fully saturated rings. The SMILES string of the molecule is CCCCc1ccc(NS(=O)(=O)c2ccc(C)c(C(=O)N3CCOc4cc(O)ccc4C3)c2)cc1. The van der Waals surface area contributed by atoms with Crippen LogP contribution in [0.1, 0.15) is 46.8 Å². The Labute approximate surface area is 206 Å². The average Bonchev–Trinajstić information content (AvgIpc) is 3.05. The van der Waals surface area contributed by atoms with Crippen LogP contribution in [0.4, 0.5) is 5.69 Å². The van der Waals surface area contributed by atoms with Crippen molar-refractivity contribution in [3.63, 3.8) is 0 Å². The predicted octanol–water partition coefficient (Wildman–Crippen LogP) is 4.88. The fourth-order valence-electron chi connectivity index (χ4n) is 4.04. The van der Waals surface area contributed by atoms with E-state index in [1.54, 1.807) is 42.2 Å². The van der Waals surface area contributed by atoms with E-state index in [1.807, 2.05) is 12.1 Å². The number of sulfonamides is 1. The Morgan fingerprint density at radius 1 is 1.09 bits per heavy atom. The zero-order chi connectivity index (χ0) is 25.0. The van der Waals surface area contributed by atoms with E-state index in [0.717, 1.165) is 30.4 Å². The smallest absolute Gasteiger partial charge is 0.261 e. The van der Waals surface area contributed by atoms with E-state index >= 15 is 0 Å². The lowest BCUT2D eigenvalue weighted by molar-refractivity contribution is 0.0732. The molecule has 7 nitrogen and oxygen atoms in total. The first-order valence-corrected chi connectivity index (χ1v) is 13.2. The number of nitrogens with one attached hydrogen (secondary N) is 1. The summed E-state index contributed by atoms with van der Waals surface area (Å²) in [4.78, 5) is 15.1. The van der Waals surface area contributed by atoms with Gasteiger partial charge in [0.1, 0.15) is 18.1 Å². The number of benzene rings is 3. The van der Waals surface area contributed by atoms with Crippen molar-refractivity contribution in [1.29, 1.82) is 0 Å². The normalized spacial score (nSPS) is 13.5. The molecule has 0 aromatic heterocycles. The number of amides is 1. The highest BCUT2D eigenvalue weighted by Gasteiger charge is 2.24. The van der Waals surface area contributed by atoms with E-state index in [1.165, 1.54) is 18.2 Å². The van der Waals surface area contributed by atoms with Crippen LogP contribution in [0.15, 0.2) is 65.6 Å². The molecule has 0 bridgehead atoms. The summed E-state index contributed by atoms with van der Waals surface area (Å²) in [7, 11) is -3.88. The summed E-state index contributed by atoms with van der Waals surface area (Å²) < 4.78 is 34.5. The van der Waals surface area contributed by atoms with Gasteiger partial charge in [0.2, 0.25) is 0 Å². The second kappa shape index (κ2) is 10.4. The van der Waals surface area contributed by atoms with Gasteiger partial charge >= 0.3 is 0 Å². The van der Waals surface area contributed by atoms with Gasteiger partial charge in [0.15, 0.2) is 0 Å². The van der Waals surface area contributed by atoms with Gasteiger partial charge < -0.3 is 14.7 Å². The first-order valence-electron chi connectivity index (χ1n) is 11.7. The zero-order valence-corrected chi connectivity index (χ0v) is 20.8. The maximum atomic E-state index is 13.4. The summed E-state index contributed by atoms with van der Waals surface area (Å²) in [6.45, 7) is 4.83. The average molecular weight is 495 g/mol. The molecule has 1 heterocycles. The number of ether oxygens (including phenoxy) is 1. The number of nitrogens with zero attached hydrogens (tertiary/aromatic N) is 1. The Hall–Kier alpha value is -3.52. The van der Waals surface area contributed by atoms with Crippen LogP contribution >= 0.6 is 0 Å². The highest BCUT2D eigenvalue weighted by atomic mass is 32.2. The van der Waals surface area contributed by atoms with E-state index in [2.05, 4.69) is 11.6 Å². The fourth-order valence-corrected chi connectivity index (χ4v) is 5.12. The number of phenolic OH excluding ortho intramolecular Hbond substituents is 1. The number of unbranched alkanes of at least 4 members (excludes halogenated alkanes) is 1. The van der Waals surface area contributed by atoms with Crippen LogP contribution in [0.5, 0.6) is 11.5 Å². The molecule has 2 N–H and O–H groups in total. The predicted molar refractivity (Wildman–Crippen MR) is 135 cm³/mol. The first kappa shape index (κ1) is 24.6. The third-order valence-electron chi connectivity index (χ3n) is 6.09. The van der Waals surface area contributed by atoms with Crippen LogP contribution in [0, 0.1) is 6.92 Å². The summed E-state index contributed by atoms with van der Waals surface area (Å²) in [5, 5.41) is 9.71. The number of aromatic hydroxyl groups is 1. The molecule has 1 aliphatic heterocycles. The van der Waals surface area contributed by atoms with Gasteiger partial charge in [0.25, 0.3) is 15.9 Å². The third kappa shape index (κ3) is 5.77. The first-order chi connectivity index (χ1) is 16.8. The lowest BCUT2D eigenvalue weighted by Crippen LogP contribution is -2.33. The van der Waals surface area contributed by atoms with Crippen LogP contribution in [0.3, 0.4) is 0 Å². The number of hydrogen-bond donors (Lipinski definition) is 2. The Bertz CT molecular complexity index is 1320. The molecule has 0 atom stereocenters. The second-order valence-corrected chi connectivity index (χ2v) is 10.4. The molecule has 8 heteroatoms. The molecule has 0 saturated carbocycles. The van der Waals surface area contributed by atoms with Gasteiger partial charge in [-0.05, 0) is 67.3 Å². The number of hydrogen-bond acceptors (Lipinski definition) is 5. The van der Waals surface area contributed by atoms with E-state index < -0.39 is 10.0 Å². The molecule has 0 unspecified atom stereocenters. The summed E-state index contributed by atoms with van der Waals surface area (Å²) >= 11 is 0. The molecule has 1 aliphatic rings. The quantitative estimate of drug-likeness (QED) is 0.488. The van der Waals surface area contributed by atoms with Crippen LogP contribution in [-0.2, 0) is 23.0 Å². The second-order valence-electron chi connectivity index (χ2n) is 8.75. The lowest BCUT2D eigenvalue weighted by Gasteiger charge is -2.21. The van der Waals surface area contributed by atoms with Crippen molar-refractivity contribution in [1.82, 2.24) is 4.90 Å². The molecule has 0 aliphatic carbocycles. The number of carbonyl (C=O) groups is 1. The number of fused-ring (bicyclic) bond motifs is 1. The van der Waals surface area contributed by atoms with Gasteiger partial charge in [-0.1, -0.05) is 31.5 Å². The Balaban J connectivity index is 1.55. The maximum absolute atomic E-state index is 13.4. The third-order valence-corrected chi connectivity index (χ3v) is 7.47. The van der Waals surface area contributed by atoms with E-state index in [9.17, 15) is 18.3 Å². The van der Waals surface area contributed by atoms with Crippen LogP contribution in [0.2, 0.25) is 0 Å². The van der Waals surface area contributed by atoms with Crippen LogP contribution in [-0.4, -0.2) is 37.5 Å². The Morgan fingerprint density at radius 3 is 2.60 bits per heavy atom. The fraction of sp³-hybridized carbons (Fsp3) is 0.296. The summed E-state index contributed by atoms with van der Waals surface area (Å²) in [6.07, 6.45) is 3.14. The minimum absolute atomic E-state index is 0.0258. The number of aryl methyl sites for hydroxylation is 2. The van der Waals surface area contributed by atoms with Crippen molar-refractivity contribution >= 4 is 21.6 Å². The summed E-state index contributed by atoms with van der Waals surface area (Å²) in [5.41, 5.74) is 3.42. The standard InChI is InChI=1S/C27H30N2O5S/c1-3-4-5-20-7-10-22(11-8-20)28-35(32,33)24-13-6-19(2)25(17-24)27(31)29-14-15-34-26-16-23(30)12-9-21(26)18-29/h6-13,16-17,28,30H,3-5,14-15,18H2,1-2H3. The highest BCUT2D eigenvalue weighted by molar-refractivity contribution is 7.92. The molecule has 35 heavy (non-hydrogen) atoms. The molecule has 0 saturated heterocycles. The Kier molecular flexibility index (Phi) is 7.31.